The van der Waals surface area contributed by atoms with Crippen LogP contribution in [0.15, 0.2) is 33.2 Å². The number of nitrogens with two attached hydrogens (primary N) is 1. The highest BCUT2D eigenvalue weighted by Gasteiger charge is 2.26. The van der Waals surface area contributed by atoms with Crippen molar-refractivity contribution < 1.29 is 13.2 Å². The van der Waals surface area contributed by atoms with Gasteiger partial charge in [-0.05, 0) is 36.9 Å². The molecule has 6 nitrogen and oxygen atoms in total. The van der Waals surface area contributed by atoms with Crippen molar-refractivity contribution in [1.29, 1.82) is 0 Å². The largest absolute Gasteiger partial charge is 0.366 e. The van der Waals surface area contributed by atoms with Crippen LogP contribution >= 0.6 is 22.7 Å². The van der Waals surface area contributed by atoms with Crippen LogP contribution in [-0.2, 0) is 16.6 Å². The van der Waals surface area contributed by atoms with Crippen LogP contribution in [0.25, 0.3) is 0 Å². The number of piperidine rings is 1. The van der Waals surface area contributed by atoms with Gasteiger partial charge in [0.25, 0.3) is 0 Å². The smallest absolute Gasteiger partial charge is 0.250 e. The Labute approximate surface area is 149 Å². The fourth-order valence-electron chi connectivity index (χ4n) is 2.78. The second-order valence-electron chi connectivity index (χ2n) is 5.79. The number of nitrogens with zero attached hydrogens (tertiary/aromatic N) is 1. The molecule has 0 aromatic carbocycles. The van der Waals surface area contributed by atoms with E-state index in [-0.39, 0.29) is 15.8 Å². The Morgan fingerprint density at radius 3 is 2.92 bits per heavy atom. The summed E-state index contributed by atoms with van der Waals surface area (Å²) >= 11 is 2.73. The number of hydrogen-bond acceptors (Lipinski definition) is 6. The molecule has 0 saturated carbocycles. The average Bonchev–Trinajstić information content (AvgIpc) is 3.18. The minimum Gasteiger partial charge on any atom is -0.366 e. The van der Waals surface area contributed by atoms with Crippen LogP contribution in [0.2, 0.25) is 0 Å². The monoisotopic (exact) mass is 385 g/mol. The number of likely N-dealkylation sites (tertiary alicyclic amines) is 1. The Morgan fingerprint density at radius 2 is 2.25 bits per heavy atom. The molecule has 9 heteroatoms. The van der Waals surface area contributed by atoms with Crippen molar-refractivity contribution in [2.24, 2.45) is 5.73 Å². The Balaban J connectivity index is 1.64. The molecule has 2 aromatic heterocycles. The zero-order valence-electron chi connectivity index (χ0n) is 13.0. The molecule has 0 aliphatic carbocycles. The number of carbonyl (C=O) groups is 1. The highest BCUT2D eigenvalue weighted by Crippen LogP contribution is 2.22. The molecule has 0 radical (unpaired) electrons. The van der Waals surface area contributed by atoms with Gasteiger partial charge in [0.15, 0.2) is 0 Å². The van der Waals surface area contributed by atoms with Crippen molar-refractivity contribution in [2.75, 3.05) is 13.1 Å². The van der Waals surface area contributed by atoms with Crippen molar-refractivity contribution in [1.82, 2.24) is 9.62 Å². The molecule has 2 aromatic rings. The first-order valence-electron chi connectivity index (χ1n) is 7.59. The number of carbonyl (C=O) groups excluding carboxylic acids is 1. The minimum absolute atomic E-state index is 0.122. The summed E-state index contributed by atoms with van der Waals surface area (Å²) in [6.07, 6.45) is 1.77. The van der Waals surface area contributed by atoms with E-state index in [0.717, 1.165) is 37.3 Å². The van der Waals surface area contributed by atoms with Crippen LogP contribution in [0.3, 0.4) is 0 Å². The van der Waals surface area contributed by atoms with Crippen LogP contribution in [0.5, 0.6) is 0 Å². The Hall–Kier alpha value is -1.26. The lowest BCUT2D eigenvalue weighted by Crippen LogP contribution is -2.47. The van der Waals surface area contributed by atoms with E-state index in [0.29, 0.717) is 6.54 Å². The van der Waals surface area contributed by atoms with E-state index in [1.807, 2.05) is 11.4 Å². The lowest BCUT2D eigenvalue weighted by Gasteiger charge is -2.32. The summed E-state index contributed by atoms with van der Waals surface area (Å²) in [7, 11) is -3.62. The maximum Gasteiger partial charge on any atom is 0.250 e. The van der Waals surface area contributed by atoms with Crippen molar-refractivity contribution in [3.05, 3.63) is 39.4 Å². The Kier molecular flexibility index (Phi) is 5.36. The lowest BCUT2D eigenvalue weighted by molar-refractivity contribution is 0.100. The molecule has 0 bridgehead atoms. The number of amides is 1. The van der Waals surface area contributed by atoms with Gasteiger partial charge in [0, 0.05) is 29.4 Å². The van der Waals surface area contributed by atoms with Gasteiger partial charge in [-0.3, -0.25) is 9.69 Å². The van der Waals surface area contributed by atoms with Crippen LogP contribution in [0.4, 0.5) is 0 Å². The number of nitrogens with one attached hydrogen (secondary N) is 1. The maximum atomic E-state index is 12.5. The Bertz CT molecular complexity index is 799. The summed E-state index contributed by atoms with van der Waals surface area (Å²) in [5.41, 5.74) is 5.41. The van der Waals surface area contributed by atoms with Crippen molar-refractivity contribution >= 4 is 38.6 Å². The summed E-state index contributed by atoms with van der Waals surface area (Å²) in [4.78, 5) is 14.7. The van der Waals surface area contributed by atoms with E-state index >= 15 is 0 Å². The van der Waals surface area contributed by atoms with Gasteiger partial charge in [0.2, 0.25) is 15.9 Å². The zero-order valence-corrected chi connectivity index (χ0v) is 15.4. The summed E-state index contributed by atoms with van der Waals surface area (Å²) in [6.45, 7) is 2.51. The van der Waals surface area contributed by atoms with Crippen molar-refractivity contribution in [3.8, 4) is 0 Å². The topological polar surface area (TPSA) is 92.5 Å². The van der Waals surface area contributed by atoms with Crippen LogP contribution in [0.1, 0.15) is 28.1 Å². The lowest BCUT2D eigenvalue weighted by atomic mass is 10.1. The molecule has 1 amide bonds. The number of rotatable bonds is 6. The van der Waals surface area contributed by atoms with E-state index in [1.165, 1.54) is 16.3 Å². The van der Waals surface area contributed by atoms with Gasteiger partial charge in [-0.25, -0.2) is 13.1 Å². The highest BCUT2D eigenvalue weighted by molar-refractivity contribution is 7.91. The Morgan fingerprint density at radius 1 is 1.42 bits per heavy atom. The summed E-state index contributed by atoms with van der Waals surface area (Å²) in [6, 6.07) is 5.33. The van der Waals surface area contributed by atoms with E-state index in [1.54, 1.807) is 11.3 Å². The molecule has 130 valence electrons. The number of primary amides is 1. The molecule has 3 N–H and O–H groups in total. The van der Waals surface area contributed by atoms with Crippen LogP contribution in [0, 0.1) is 0 Å². The fourth-order valence-corrected chi connectivity index (χ4v) is 5.98. The van der Waals surface area contributed by atoms with E-state index in [4.69, 9.17) is 5.73 Å². The molecule has 3 rings (SSSR count). The van der Waals surface area contributed by atoms with Gasteiger partial charge in [-0.2, -0.15) is 0 Å². The van der Waals surface area contributed by atoms with Crippen LogP contribution in [-0.4, -0.2) is 38.4 Å². The fraction of sp³-hybridized carbons (Fsp3) is 0.400. The van der Waals surface area contributed by atoms with Gasteiger partial charge in [0.1, 0.15) is 4.21 Å². The van der Waals surface area contributed by atoms with Gasteiger partial charge < -0.3 is 5.73 Å². The number of sulfonamides is 1. The first-order chi connectivity index (χ1) is 11.4. The van der Waals surface area contributed by atoms with Gasteiger partial charge in [-0.15, -0.1) is 22.7 Å². The van der Waals surface area contributed by atoms with E-state index in [2.05, 4.69) is 15.7 Å². The maximum absolute atomic E-state index is 12.5. The number of hydrogen-bond donors (Lipinski definition) is 2. The van der Waals surface area contributed by atoms with Crippen LogP contribution < -0.4 is 10.5 Å². The van der Waals surface area contributed by atoms with Crippen molar-refractivity contribution in [3.63, 3.8) is 0 Å². The third-order valence-corrected chi connectivity index (χ3v) is 7.73. The molecule has 3 heterocycles. The second-order valence-corrected chi connectivity index (χ2v) is 9.68. The molecular formula is C15H19N3O3S3. The molecule has 1 aliphatic heterocycles. The van der Waals surface area contributed by atoms with Gasteiger partial charge in [-0.1, -0.05) is 6.07 Å². The number of thiophene rings is 2. The second kappa shape index (κ2) is 7.32. The van der Waals surface area contributed by atoms with Gasteiger partial charge >= 0.3 is 0 Å². The standard InChI is InChI=1S/C15H19N3O3S3/c16-15(19)11-7-14(23-10-11)24(20,21)17-12-3-1-5-18(8-12)9-13-4-2-6-22-13/h2,4,6-7,10,12,17H,1,3,5,8-9H2,(H2,16,19). The molecule has 1 saturated heterocycles. The summed E-state index contributed by atoms with van der Waals surface area (Å²) < 4.78 is 27.9. The van der Waals surface area contributed by atoms with Gasteiger partial charge in [0.05, 0.1) is 5.56 Å². The van der Waals surface area contributed by atoms with E-state index in [9.17, 15) is 13.2 Å². The molecule has 1 unspecified atom stereocenters. The third-order valence-electron chi connectivity index (χ3n) is 3.91. The molecule has 24 heavy (non-hydrogen) atoms. The predicted molar refractivity (Wildman–Crippen MR) is 95.8 cm³/mol. The molecule has 1 aliphatic rings. The highest BCUT2D eigenvalue weighted by atomic mass is 32.2. The SMILES string of the molecule is NC(=O)c1csc(S(=O)(=O)NC2CCCN(Cc3cccs3)C2)c1. The first kappa shape index (κ1) is 17.6. The normalized spacial score (nSPS) is 19.4. The predicted octanol–water partition coefficient (Wildman–Crippen LogP) is 1.85. The zero-order chi connectivity index (χ0) is 17.2. The molecular weight excluding hydrogens is 366 g/mol. The van der Waals surface area contributed by atoms with E-state index < -0.39 is 15.9 Å². The molecule has 1 fully saturated rings. The quantitative estimate of drug-likeness (QED) is 0.794. The van der Waals surface area contributed by atoms with Crippen molar-refractivity contribution in [2.45, 2.75) is 29.6 Å². The minimum atomic E-state index is -3.62. The average molecular weight is 386 g/mol. The third kappa shape index (κ3) is 4.22. The summed E-state index contributed by atoms with van der Waals surface area (Å²) in [5.74, 6) is -0.618. The molecule has 0 spiro atoms. The first-order valence-corrected chi connectivity index (χ1v) is 10.8. The summed E-state index contributed by atoms with van der Waals surface area (Å²) in [5, 5.41) is 3.52. The molecule has 1 atom stereocenters.